The summed E-state index contributed by atoms with van der Waals surface area (Å²) < 4.78 is 6.63. The van der Waals surface area contributed by atoms with Gasteiger partial charge < -0.3 is 10.1 Å². The molecule has 0 spiro atoms. The lowest BCUT2D eigenvalue weighted by Crippen LogP contribution is -2.02. The van der Waals surface area contributed by atoms with Crippen molar-refractivity contribution in [1.29, 1.82) is 0 Å². The molecule has 0 unspecified atom stereocenters. The molecule has 0 amide bonds. The second kappa shape index (κ2) is 5.38. The van der Waals surface area contributed by atoms with Crippen LogP contribution in [0, 0.1) is 10.1 Å². The summed E-state index contributed by atoms with van der Waals surface area (Å²) >= 11 is 0. The summed E-state index contributed by atoms with van der Waals surface area (Å²) in [7, 11) is 3.23. The van der Waals surface area contributed by atoms with Crippen molar-refractivity contribution in [2.45, 2.75) is 6.54 Å². The van der Waals surface area contributed by atoms with Crippen LogP contribution in [0.25, 0.3) is 0 Å². The Morgan fingerprint density at radius 3 is 2.84 bits per heavy atom. The Kier molecular flexibility index (Phi) is 3.65. The lowest BCUT2D eigenvalue weighted by Gasteiger charge is -2.06. The van der Waals surface area contributed by atoms with Crippen LogP contribution >= 0.6 is 0 Å². The second-order valence-corrected chi connectivity index (χ2v) is 3.99. The summed E-state index contributed by atoms with van der Waals surface area (Å²) in [6.07, 6.45) is 1.82. The Hall–Kier alpha value is -2.57. The van der Waals surface area contributed by atoms with Gasteiger partial charge in [0.2, 0.25) is 0 Å². The molecule has 0 aliphatic heterocycles. The highest BCUT2D eigenvalue weighted by Gasteiger charge is 2.14. The lowest BCUT2D eigenvalue weighted by atomic mass is 10.2. The Morgan fingerprint density at radius 2 is 2.26 bits per heavy atom. The second-order valence-electron chi connectivity index (χ2n) is 3.99. The number of ether oxygens (including phenoxy) is 1. The van der Waals surface area contributed by atoms with Gasteiger partial charge in [-0.05, 0) is 11.6 Å². The topological polar surface area (TPSA) is 82.2 Å². The number of benzene rings is 1. The number of nitrogens with one attached hydrogen (secondary N) is 1. The predicted molar refractivity (Wildman–Crippen MR) is 70.2 cm³/mol. The number of nitrogens with zero attached hydrogens (tertiary/aromatic N) is 3. The summed E-state index contributed by atoms with van der Waals surface area (Å²) in [6, 6.07) is 6.70. The zero-order valence-corrected chi connectivity index (χ0v) is 10.7. The van der Waals surface area contributed by atoms with Crippen LogP contribution in [0.3, 0.4) is 0 Å². The molecular formula is C12H14N4O3. The molecule has 2 aromatic rings. The van der Waals surface area contributed by atoms with Crippen LogP contribution in [0.2, 0.25) is 0 Å². The highest BCUT2D eigenvalue weighted by Crippen LogP contribution is 2.27. The van der Waals surface area contributed by atoms with E-state index in [1.165, 1.54) is 13.2 Å². The summed E-state index contributed by atoms with van der Waals surface area (Å²) in [5.74, 6) is 0.979. The third-order valence-electron chi connectivity index (χ3n) is 2.63. The smallest absolute Gasteiger partial charge is 0.311 e. The Morgan fingerprint density at radius 1 is 1.47 bits per heavy atom. The van der Waals surface area contributed by atoms with Gasteiger partial charge in [0.25, 0.3) is 0 Å². The van der Waals surface area contributed by atoms with Crippen LogP contribution in [0.4, 0.5) is 11.5 Å². The maximum absolute atomic E-state index is 10.9. The SMILES string of the molecule is COc1ccc(CNc2ccn(C)n2)cc1[N+](=O)[O-]. The van der Waals surface area contributed by atoms with Crippen molar-refractivity contribution in [2.75, 3.05) is 12.4 Å². The molecule has 1 aromatic carbocycles. The number of nitro groups is 1. The first kappa shape index (κ1) is 12.9. The number of hydrogen-bond donors (Lipinski definition) is 1. The number of methoxy groups -OCH3 is 1. The van der Waals surface area contributed by atoms with E-state index in [1.807, 2.05) is 19.3 Å². The number of hydrogen-bond acceptors (Lipinski definition) is 5. The van der Waals surface area contributed by atoms with E-state index in [-0.39, 0.29) is 11.4 Å². The fourth-order valence-corrected chi connectivity index (χ4v) is 1.69. The molecule has 1 aromatic heterocycles. The van der Waals surface area contributed by atoms with E-state index in [1.54, 1.807) is 16.8 Å². The molecule has 0 saturated heterocycles. The van der Waals surface area contributed by atoms with Crippen molar-refractivity contribution in [3.63, 3.8) is 0 Å². The molecule has 19 heavy (non-hydrogen) atoms. The van der Waals surface area contributed by atoms with Crippen molar-refractivity contribution >= 4 is 11.5 Å². The maximum Gasteiger partial charge on any atom is 0.311 e. The van der Waals surface area contributed by atoms with Crippen LogP contribution in [0.15, 0.2) is 30.5 Å². The van der Waals surface area contributed by atoms with Crippen LogP contribution < -0.4 is 10.1 Å². The predicted octanol–water partition coefficient (Wildman–Crippen LogP) is 1.95. The highest BCUT2D eigenvalue weighted by molar-refractivity contribution is 5.49. The van der Waals surface area contributed by atoms with Crippen molar-refractivity contribution in [3.05, 3.63) is 46.1 Å². The van der Waals surface area contributed by atoms with Crippen LogP contribution in [0.5, 0.6) is 5.75 Å². The standard InChI is InChI=1S/C12H14N4O3/c1-15-6-5-12(14-15)13-8-9-3-4-11(19-2)10(7-9)16(17)18/h3-7H,8H2,1-2H3,(H,13,14). The fourth-order valence-electron chi connectivity index (χ4n) is 1.69. The monoisotopic (exact) mass is 262 g/mol. The molecule has 0 aliphatic rings. The van der Waals surface area contributed by atoms with E-state index >= 15 is 0 Å². The molecular weight excluding hydrogens is 248 g/mol. The van der Waals surface area contributed by atoms with Gasteiger partial charge in [-0.15, -0.1) is 0 Å². The van der Waals surface area contributed by atoms with Crippen molar-refractivity contribution in [3.8, 4) is 5.75 Å². The molecule has 0 bridgehead atoms. The van der Waals surface area contributed by atoms with Crippen molar-refractivity contribution in [1.82, 2.24) is 9.78 Å². The summed E-state index contributed by atoms with van der Waals surface area (Å²) in [5.41, 5.74) is 0.751. The number of aryl methyl sites for hydroxylation is 1. The Balaban J connectivity index is 2.12. The zero-order valence-electron chi connectivity index (χ0n) is 10.7. The average molecular weight is 262 g/mol. The largest absolute Gasteiger partial charge is 0.490 e. The van der Waals surface area contributed by atoms with Gasteiger partial charge in [0.1, 0.15) is 5.82 Å². The summed E-state index contributed by atoms with van der Waals surface area (Å²) in [4.78, 5) is 10.4. The Labute approximate surface area is 110 Å². The number of anilines is 1. The quantitative estimate of drug-likeness (QED) is 0.657. The number of aromatic nitrogens is 2. The summed E-state index contributed by atoms with van der Waals surface area (Å²) in [6.45, 7) is 0.460. The molecule has 0 fully saturated rings. The molecule has 1 heterocycles. The van der Waals surface area contributed by atoms with Gasteiger partial charge in [-0.2, -0.15) is 5.10 Å². The Bertz CT molecular complexity index is 594. The lowest BCUT2D eigenvalue weighted by molar-refractivity contribution is -0.385. The van der Waals surface area contributed by atoms with E-state index in [9.17, 15) is 10.1 Å². The maximum atomic E-state index is 10.9. The van der Waals surface area contributed by atoms with Gasteiger partial charge in [-0.25, -0.2) is 0 Å². The van der Waals surface area contributed by atoms with E-state index in [0.29, 0.717) is 6.54 Å². The van der Waals surface area contributed by atoms with Crippen LogP contribution in [0.1, 0.15) is 5.56 Å². The van der Waals surface area contributed by atoms with Gasteiger partial charge in [0.15, 0.2) is 5.75 Å². The van der Waals surface area contributed by atoms with E-state index in [2.05, 4.69) is 10.4 Å². The van der Waals surface area contributed by atoms with Gasteiger partial charge in [-0.1, -0.05) is 6.07 Å². The summed E-state index contributed by atoms with van der Waals surface area (Å²) in [5, 5.41) is 18.2. The van der Waals surface area contributed by atoms with Gasteiger partial charge in [0.05, 0.1) is 12.0 Å². The molecule has 100 valence electrons. The molecule has 0 saturated carbocycles. The van der Waals surface area contributed by atoms with E-state index < -0.39 is 4.92 Å². The van der Waals surface area contributed by atoms with Crippen molar-refractivity contribution in [2.24, 2.45) is 7.05 Å². The first-order chi connectivity index (χ1) is 9.10. The third-order valence-corrected chi connectivity index (χ3v) is 2.63. The molecule has 2 rings (SSSR count). The average Bonchev–Trinajstić information content (AvgIpc) is 2.81. The van der Waals surface area contributed by atoms with Gasteiger partial charge in [-0.3, -0.25) is 14.8 Å². The van der Waals surface area contributed by atoms with Crippen LogP contribution in [-0.2, 0) is 13.6 Å². The molecule has 1 N–H and O–H groups in total. The normalized spacial score (nSPS) is 10.2. The van der Waals surface area contributed by atoms with Crippen molar-refractivity contribution < 1.29 is 9.66 Å². The zero-order chi connectivity index (χ0) is 13.8. The fraction of sp³-hybridized carbons (Fsp3) is 0.250. The van der Waals surface area contributed by atoms with Crippen LogP contribution in [-0.4, -0.2) is 21.8 Å². The minimum atomic E-state index is -0.455. The molecule has 0 atom stereocenters. The van der Waals surface area contributed by atoms with Gasteiger partial charge in [0, 0.05) is 31.9 Å². The molecule has 7 nitrogen and oxygen atoms in total. The minimum absolute atomic E-state index is 0.0391. The molecule has 7 heteroatoms. The minimum Gasteiger partial charge on any atom is -0.490 e. The molecule has 0 aliphatic carbocycles. The third kappa shape index (κ3) is 3.01. The first-order valence-electron chi connectivity index (χ1n) is 5.65. The number of nitro benzene ring substituents is 1. The van der Waals surface area contributed by atoms with Gasteiger partial charge >= 0.3 is 5.69 Å². The highest BCUT2D eigenvalue weighted by atomic mass is 16.6. The first-order valence-corrected chi connectivity index (χ1v) is 5.65. The molecule has 0 radical (unpaired) electrons. The van der Waals surface area contributed by atoms with E-state index in [0.717, 1.165) is 11.4 Å². The van der Waals surface area contributed by atoms with E-state index in [4.69, 9.17) is 4.74 Å². The number of rotatable bonds is 5.